The van der Waals surface area contributed by atoms with Crippen molar-refractivity contribution in [1.29, 1.82) is 0 Å². The van der Waals surface area contributed by atoms with Gasteiger partial charge in [-0.05, 0) is 62.9 Å². The first-order valence-electron chi connectivity index (χ1n) is 12.1. The van der Waals surface area contributed by atoms with Crippen molar-refractivity contribution in [2.45, 2.75) is 44.1 Å². The Labute approximate surface area is 204 Å². The van der Waals surface area contributed by atoms with Crippen LogP contribution >= 0.6 is 0 Å². The quantitative estimate of drug-likeness (QED) is 0.466. The lowest BCUT2D eigenvalue weighted by atomic mass is 9.54. The highest BCUT2D eigenvalue weighted by Gasteiger charge is 2.64. The standard InChI is InChI=1S/C28H30N2O5/c1-18(31)27(13-8-16-35-24(32)19-9-4-3-5-10-19)17-20(25(33)34-2)23-28(14-15-29-26(27)28)21-11-6-7-12-22(21)30-23/h3-7,9-12,26,29-30H,8,13-17H2,1-2H3/t26-,27-,28+/m0/s1. The second-order valence-electron chi connectivity index (χ2n) is 9.62. The second kappa shape index (κ2) is 8.96. The number of methoxy groups -OCH3 is 1. The molecule has 1 spiro atoms. The molecule has 2 aliphatic heterocycles. The summed E-state index contributed by atoms with van der Waals surface area (Å²) in [6, 6.07) is 16.7. The molecule has 2 aromatic carbocycles. The molecule has 1 fully saturated rings. The van der Waals surface area contributed by atoms with E-state index in [2.05, 4.69) is 16.7 Å². The number of benzene rings is 2. The number of rotatable bonds is 7. The first-order chi connectivity index (χ1) is 16.9. The molecule has 0 unspecified atom stereocenters. The Morgan fingerprint density at radius 1 is 1.03 bits per heavy atom. The van der Waals surface area contributed by atoms with Gasteiger partial charge in [-0.25, -0.2) is 9.59 Å². The number of hydrogen-bond donors (Lipinski definition) is 2. The van der Waals surface area contributed by atoms with Gasteiger partial charge in [-0.3, -0.25) is 4.79 Å². The number of Topliss-reactive ketones (excluding diaryl/α,β-unsaturated/α-hetero) is 1. The molecule has 5 rings (SSSR count). The third-order valence-electron chi connectivity index (χ3n) is 7.96. The Bertz CT molecular complexity index is 1210. The van der Waals surface area contributed by atoms with E-state index in [0.29, 0.717) is 24.0 Å². The van der Waals surface area contributed by atoms with Gasteiger partial charge in [-0.2, -0.15) is 0 Å². The first kappa shape index (κ1) is 23.3. The van der Waals surface area contributed by atoms with Gasteiger partial charge in [0.2, 0.25) is 0 Å². The Morgan fingerprint density at radius 2 is 1.77 bits per heavy atom. The summed E-state index contributed by atoms with van der Waals surface area (Å²) in [7, 11) is 1.38. The van der Waals surface area contributed by atoms with Crippen LogP contribution in [0.15, 0.2) is 65.9 Å². The fourth-order valence-electron chi connectivity index (χ4n) is 6.42. The third-order valence-corrected chi connectivity index (χ3v) is 7.96. The van der Waals surface area contributed by atoms with Gasteiger partial charge in [-0.15, -0.1) is 0 Å². The minimum Gasteiger partial charge on any atom is -0.466 e. The van der Waals surface area contributed by atoms with Crippen LogP contribution in [-0.2, 0) is 24.5 Å². The summed E-state index contributed by atoms with van der Waals surface area (Å²) in [5, 5.41) is 7.13. The van der Waals surface area contributed by atoms with Crippen LogP contribution in [0.25, 0.3) is 0 Å². The van der Waals surface area contributed by atoms with E-state index in [1.165, 1.54) is 7.11 Å². The van der Waals surface area contributed by atoms with E-state index < -0.39 is 16.8 Å². The molecule has 1 saturated heterocycles. The van der Waals surface area contributed by atoms with Crippen molar-refractivity contribution < 1.29 is 23.9 Å². The van der Waals surface area contributed by atoms with E-state index >= 15 is 0 Å². The molecule has 0 saturated carbocycles. The van der Waals surface area contributed by atoms with E-state index in [-0.39, 0.29) is 30.8 Å². The normalized spacial score (nSPS) is 26.3. The highest BCUT2D eigenvalue weighted by molar-refractivity contribution is 5.96. The topological polar surface area (TPSA) is 93.7 Å². The van der Waals surface area contributed by atoms with E-state index in [4.69, 9.17) is 9.47 Å². The van der Waals surface area contributed by atoms with Crippen LogP contribution in [0.2, 0.25) is 0 Å². The van der Waals surface area contributed by atoms with Crippen molar-refractivity contribution in [3.05, 3.63) is 77.0 Å². The molecule has 2 aromatic rings. The number of para-hydroxylation sites is 1. The van der Waals surface area contributed by atoms with Crippen LogP contribution < -0.4 is 10.6 Å². The minimum atomic E-state index is -0.832. The lowest BCUT2D eigenvalue weighted by Crippen LogP contribution is -2.59. The molecule has 7 heteroatoms. The van der Waals surface area contributed by atoms with Gasteiger partial charge in [0.15, 0.2) is 0 Å². The number of esters is 2. The predicted octanol–water partition coefficient (Wildman–Crippen LogP) is 3.76. The number of ether oxygens (including phenoxy) is 2. The molecule has 182 valence electrons. The Balaban J connectivity index is 1.47. The highest BCUT2D eigenvalue weighted by atomic mass is 16.5. The second-order valence-corrected chi connectivity index (χ2v) is 9.62. The molecule has 35 heavy (non-hydrogen) atoms. The molecule has 0 aromatic heterocycles. The summed E-state index contributed by atoms with van der Waals surface area (Å²) < 4.78 is 10.7. The van der Waals surface area contributed by atoms with E-state index in [9.17, 15) is 14.4 Å². The molecule has 0 radical (unpaired) electrons. The maximum absolute atomic E-state index is 13.4. The van der Waals surface area contributed by atoms with Crippen LogP contribution in [0.3, 0.4) is 0 Å². The Hall–Kier alpha value is -3.45. The number of ketones is 1. The predicted molar refractivity (Wildman–Crippen MR) is 131 cm³/mol. The zero-order valence-electron chi connectivity index (χ0n) is 20.1. The molecule has 7 nitrogen and oxygen atoms in total. The summed E-state index contributed by atoms with van der Waals surface area (Å²) in [6.07, 6.45) is 2.04. The monoisotopic (exact) mass is 474 g/mol. The maximum Gasteiger partial charge on any atom is 0.338 e. The summed E-state index contributed by atoms with van der Waals surface area (Å²) in [4.78, 5) is 38.8. The fraction of sp³-hybridized carbons (Fsp3) is 0.393. The maximum atomic E-state index is 13.4. The lowest BCUT2D eigenvalue weighted by Gasteiger charge is -2.49. The van der Waals surface area contributed by atoms with Gasteiger partial charge < -0.3 is 20.1 Å². The number of anilines is 1. The van der Waals surface area contributed by atoms with Gasteiger partial charge in [-0.1, -0.05) is 36.4 Å². The number of carbonyl (C=O) groups is 3. The SMILES string of the molecule is COC(=O)C1=C2Nc3ccccc3[C@]23CCN[C@H]3[C@](CCCOC(=O)c2ccccc2)(C(C)=O)C1. The summed E-state index contributed by atoms with van der Waals surface area (Å²) in [5.41, 5.74) is 2.61. The zero-order valence-corrected chi connectivity index (χ0v) is 20.1. The van der Waals surface area contributed by atoms with Crippen molar-refractivity contribution in [3.8, 4) is 0 Å². The number of nitrogens with one attached hydrogen (secondary N) is 2. The van der Waals surface area contributed by atoms with Crippen LogP contribution in [0.1, 0.15) is 48.5 Å². The molecule has 1 aliphatic carbocycles. The Morgan fingerprint density at radius 3 is 2.51 bits per heavy atom. The van der Waals surface area contributed by atoms with Crippen LogP contribution in [0.4, 0.5) is 5.69 Å². The largest absolute Gasteiger partial charge is 0.466 e. The van der Waals surface area contributed by atoms with Gasteiger partial charge >= 0.3 is 11.9 Å². The van der Waals surface area contributed by atoms with E-state index in [1.54, 1.807) is 31.2 Å². The van der Waals surface area contributed by atoms with Crippen LogP contribution in [0.5, 0.6) is 0 Å². The average molecular weight is 475 g/mol. The summed E-state index contributed by atoms with van der Waals surface area (Å²) >= 11 is 0. The Kier molecular flexibility index (Phi) is 5.97. The van der Waals surface area contributed by atoms with Gasteiger partial charge in [0.25, 0.3) is 0 Å². The molecule has 2 heterocycles. The summed E-state index contributed by atoms with van der Waals surface area (Å²) in [6.45, 7) is 2.54. The molecule has 3 atom stereocenters. The van der Waals surface area contributed by atoms with Crippen molar-refractivity contribution in [2.24, 2.45) is 5.41 Å². The van der Waals surface area contributed by atoms with Crippen molar-refractivity contribution in [2.75, 3.05) is 25.6 Å². The van der Waals surface area contributed by atoms with Crippen molar-refractivity contribution >= 4 is 23.4 Å². The third kappa shape index (κ3) is 3.57. The van der Waals surface area contributed by atoms with Crippen LogP contribution in [0, 0.1) is 5.41 Å². The first-order valence-corrected chi connectivity index (χ1v) is 12.1. The molecular formula is C28H30N2O5. The highest BCUT2D eigenvalue weighted by Crippen LogP contribution is 2.61. The number of fused-ring (bicyclic) bond motifs is 1. The smallest absolute Gasteiger partial charge is 0.338 e. The van der Waals surface area contributed by atoms with Crippen LogP contribution in [-0.4, -0.2) is 44.0 Å². The van der Waals surface area contributed by atoms with Gasteiger partial charge in [0.1, 0.15) is 5.78 Å². The molecule has 0 amide bonds. The van der Waals surface area contributed by atoms with E-state index in [0.717, 1.165) is 29.9 Å². The van der Waals surface area contributed by atoms with Gasteiger partial charge in [0, 0.05) is 22.8 Å². The van der Waals surface area contributed by atoms with E-state index in [1.807, 2.05) is 24.3 Å². The average Bonchev–Trinajstić information content (AvgIpc) is 3.48. The van der Waals surface area contributed by atoms with Crippen molar-refractivity contribution in [3.63, 3.8) is 0 Å². The summed E-state index contributed by atoms with van der Waals surface area (Å²) in [5.74, 6) is -0.769. The molecule has 3 aliphatic rings. The van der Waals surface area contributed by atoms with Gasteiger partial charge in [0.05, 0.1) is 30.3 Å². The molecular weight excluding hydrogens is 444 g/mol. The van der Waals surface area contributed by atoms with Crippen molar-refractivity contribution in [1.82, 2.24) is 5.32 Å². The number of hydrogen-bond acceptors (Lipinski definition) is 7. The minimum absolute atomic E-state index is 0.0236. The lowest BCUT2D eigenvalue weighted by molar-refractivity contribution is -0.138. The zero-order chi connectivity index (χ0) is 24.6. The fourth-order valence-corrected chi connectivity index (χ4v) is 6.42. The number of carbonyl (C=O) groups excluding carboxylic acids is 3. The molecule has 0 bridgehead atoms. The molecule has 2 N–H and O–H groups in total.